The molecular weight excluding hydrogens is 314 g/mol. The molecule has 0 saturated heterocycles. The number of carbonyl (C=O) groups is 1. The van der Waals surface area contributed by atoms with Crippen LogP contribution in [0.1, 0.15) is 24.5 Å². The first-order chi connectivity index (χ1) is 11.1. The van der Waals surface area contributed by atoms with Crippen LogP contribution in [0.15, 0.2) is 36.4 Å². The number of carbonyl (C=O) groups excluding carboxylic acids is 1. The molecule has 1 unspecified atom stereocenters. The topological polar surface area (TPSA) is 47.6 Å². The molecule has 3 rings (SSSR count). The smallest absolute Gasteiger partial charge is 0.239 e. The third-order valence-electron chi connectivity index (χ3n) is 4.47. The zero-order chi connectivity index (χ0) is 16.6. The highest BCUT2D eigenvalue weighted by atomic mass is 35.5. The molecule has 23 heavy (non-hydrogen) atoms. The number of anilines is 1. The van der Waals surface area contributed by atoms with Crippen LogP contribution in [-0.4, -0.2) is 20.1 Å². The van der Waals surface area contributed by atoms with Crippen molar-refractivity contribution in [3.05, 3.63) is 52.5 Å². The molecular formula is C18H18ClNO3. The normalized spacial score (nSPS) is 19.2. The highest BCUT2D eigenvalue weighted by molar-refractivity contribution is 6.30. The molecule has 0 saturated carbocycles. The number of hydrogen-bond acceptors (Lipinski definition) is 3. The largest absolute Gasteiger partial charge is 0.497 e. The maximum absolute atomic E-state index is 12.9. The summed E-state index contributed by atoms with van der Waals surface area (Å²) >= 11 is 6.19. The minimum Gasteiger partial charge on any atom is -0.497 e. The van der Waals surface area contributed by atoms with Gasteiger partial charge in [0.15, 0.2) is 0 Å². The predicted molar refractivity (Wildman–Crippen MR) is 90.7 cm³/mol. The Hall–Kier alpha value is -2.20. The summed E-state index contributed by atoms with van der Waals surface area (Å²) < 4.78 is 10.8. The van der Waals surface area contributed by atoms with Gasteiger partial charge in [0.2, 0.25) is 5.91 Å². The summed E-state index contributed by atoms with van der Waals surface area (Å²) in [5, 5.41) is 3.53. The fourth-order valence-electron chi connectivity index (χ4n) is 3.29. The SMILES string of the molecule is CCC1(c2cc(Cl)ccc2OC)C(=O)Nc2ccc(OC)cc21. The first-order valence-corrected chi connectivity index (χ1v) is 7.78. The number of amides is 1. The van der Waals surface area contributed by atoms with Gasteiger partial charge in [0.25, 0.3) is 0 Å². The summed E-state index contributed by atoms with van der Waals surface area (Å²) in [4.78, 5) is 12.9. The molecule has 1 atom stereocenters. The van der Waals surface area contributed by atoms with Gasteiger partial charge in [-0.2, -0.15) is 0 Å². The van der Waals surface area contributed by atoms with Crippen molar-refractivity contribution in [2.45, 2.75) is 18.8 Å². The third kappa shape index (κ3) is 2.25. The van der Waals surface area contributed by atoms with Crippen LogP contribution >= 0.6 is 11.6 Å². The summed E-state index contributed by atoms with van der Waals surface area (Å²) in [6, 6.07) is 10.9. The molecule has 5 heteroatoms. The van der Waals surface area contributed by atoms with E-state index in [0.717, 1.165) is 16.8 Å². The van der Waals surface area contributed by atoms with Crippen molar-refractivity contribution < 1.29 is 14.3 Å². The molecule has 1 N–H and O–H groups in total. The van der Waals surface area contributed by atoms with Gasteiger partial charge in [0.1, 0.15) is 16.9 Å². The molecule has 0 radical (unpaired) electrons. The number of hydrogen-bond donors (Lipinski definition) is 1. The summed E-state index contributed by atoms with van der Waals surface area (Å²) in [5.74, 6) is 1.27. The molecule has 0 spiro atoms. The Bertz CT molecular complexity index is 775. The summed E-state index contributed by atoms with van der Waals surface area (Å²) in [6.07, 6.45) is 0.579. The highest BCUT2D eigenvalue weighted by Gasteiger charge is 2.48. The van der Waals surface area contributed by atoms with Crippen LogP contribution in [0.25, 0.3) is 0 Å². The van der Waals surface area contributed by atoms with E-state index in [1.165, 1.54) is 0 Å². The van der Waals surface area contributed by atoms with E-state index in [4.69, 9.17) is 21.1 Å². The third-order valence-corrected chi connectivity index (χ3v) is 4.71. The van der Waals surface area contributed by atoms with Crippen molar-refractivity contribution in [3.8, 4) is 11.5 Å². The molecule has 0 aromatic heterocycles. The van der Waals surface area contributed by atoms with Crippen molar-refractivity contribution in [2.75, 3.05) is 19.5 Å². The van der Waals surface area contributed by atoms with Crippen LogP contribution in [0.3, 0.4) is 0 Å². The van der Waals surface area contributed by atoms with Gasteiger partial charge in [0.05, 0.1) is 14.2 Å². The Morgan fingerprint density at radius 1 is 1.09 bits per heavy atom. The molecule has 4 nitrogen and oxygen atoms in total. The molecule has 2 aromatic rings. The molecule has 1 aliphatic rings. The first-order valence-electron chi connectivity index (χ1n) is 7.40. The fraction of sp³-hybridized carbons (Fsp3) is 0.278. The molecule has 0 aliphatic carbocycles. The summed E-state index contributed by atoms with van der Waals surface area (Å²) in [7, 11) is 3.20. The van der Waals surface area contributed by atoms with Gasteiger partial charge in [-0.3, -0.25) is 4.79 Å². The molecule has 1 heterocycles. The molecule has 2 aromatic carbocycles. The lowest BCUT2D eigenvalue weighted by Gasteiger charge is -2.28. The van der Waals surface area contributed by atoms with E-state index in [-0.39, 0.29) is 5.91 Å². The second-order valence-electron chi connectivity index (χ2n) is 5.47. The minimum absolute atomic E-state index is 0.0798. The Balaban J connectivity index is 2.31. The zero-order valence-electron chi connectivity index (χ0n) is 13.3. The second-order valence-corrected chi connectivity index (χ2v) is 5.91. The van der Waals surface area contributed by atoms with Crippen molar-refractivity contribution >= 4 is 23.2 Å². The van der Waals surface area contributed by atoms with Gasteiger partial charge in [0, 0.05) is 16.3 Å². The number of fused-ring (bicyclic) bond motifs is 1. The summed E-state index contributed by atoms with van der Waals surface area (Å²) in [5.41, 5.74) is 1.59. The predicted octanol–water partition coefficient (Wildman–Crippen LogP) is 4.01. The maximum Gasteiger partial charge on any atom is 0.239 e. The van der Waals surface area contributed by atoms with Crippen LogP contribution in [0.5, 0.6) is 11.5 Å². The van der Waals surface area contributed by atoms with Gasteiger partial charge in [-0.25, -0.2) is 0 Å². The van der Waals surface area contributed by atoms with Gasteiger partial charge in [-0.1, -0.05) is 18.5 Å². The lowest BCUT2D eigenvalue weighted by atomic mass is 9.73. The Kier molecular flexibility index (Phi) is 3.94. The van der Waals surface area contributed by atoms with E-state index < -0.39 is 5.41 Å². The Labute approximate surface area is 140 Å². The molecule has 0 bridgehead atoms. The number of nitrogens with one attached hydrogen (secondary N) is 1. The number of rotatable bonds is 4. The van der Waals surface area contributed by atoms with Gasteiger partial charge >= 0.3 is 0 Å². The second kappa shape index (κ2) is 5.78. The fourth-order valence-corrected chi connectivity index (χ4v) is 3.46. The van der Waals surface area contributed by atoms with Crippen LogP contribution in [0, 0.1) is 0 Å². The van der Waals surface area contributed by atoms with E-state index >= 15 is 0 Å². The average molecular weight is 332 g/mol. The van der Waals surface area contributed by atoms with Gasteiger partial charge in [-0.15, -0.1) is 0 Å². The molecule has 1 amide bonds. The lowest BCUT2D eigenvalue weighted by Crippen LogP contribution is -2.35. The highest BCUT2D eigenvalue weighted by Crippen LogP contribution is 2.49. The van der Waals surface area contributed by atoms with Crippen LogP contribution in [0.4, 0.5) is 5.69 Å². The van der Waals surface area contributed by atoms with Crippen molar-refractivity contribution in [1.29, 1.82) is 0 Å². The van der Waals surface area contributed by atoms with E-state index in [0.29, 0.717) is 22.9 Å². The quantitative estimate of drug-likeness (QED) is 0.921. The van der Waals surface area contributed by atoms with Crippen LogP contribution < -0.4 is 14.8 Å². The number of halogens is 1. The van der Waals surface area contributed by atoms with Crippen molar-refractivity contribution in [1.82, 2.24) is 0 Å². The van der Waals surface area contributed by atoms with Crippen molar-refractivity contribution in [2.24, 2.45) is 0 Å². The number of ether oxygens (including phenoxy) is 2. The summed E-state index contributed by atoms with van der Waals surface area (Å²) in [6.45, 7) is 1.98. The average Bonchev–Trinajstić information content (AvgIpc) is 2.86. The Morgan fingerprint density at radius 2 is 1.87 bits per heavy atom. The first kappa shape index (κ1) is 15.7. The van der Waals surface area contributed by atoms with E-state index in [1.807, 2.05) is 25.1 Å². The maximum atomic E-state index is 12.9. The number of benzene rings is 2. The number of methoxy groups -OCH3 is 2. The van der Waals surface area contributed by atoms with E-state index in [1.54, 1.807) is 32.4 Å². The monoisotopic (exact) mass is 331 g/mol. The van der Waals surface area contributed by atoms with Gasteiger partial charge in [-0.05, 0) is 48.4 Å². The van der Waals surface area contributed by atoms with Crippen LogP contribution in [-0.2, 0) is 10.2 Å². The van der Waals surface area contributed by atoms with Gasteiger partial charge < -0.3 is 14.8 Å². The van der Waals surface area contributed by atoms with Crippen LogP contribution in [0.2, 0.25) is 5.02 Å². The molecule has 1 aliphatic heterocycles. The van der Waals surface area contributed by atoms with Crippen molar-refractivity contribution in [3.63, 3.8) is 0 Å². The minimum atomic E-state index is -0.847. The Morgan fingerprint density at radius 3 is 2.52 bits per heavy atom. The molecule has 120 valence electrons. The molecule has 0 fully saturated rings. The zero-order valence-corrected chi connectivity index (χ0v) is 14.0. The standard InChI is InChI=1S/C18H18ClNO3/c1-4-18(14-9-11(19)5-8-16(14)23-3)13-10-12(22-2)6-7-15(13)20-17(18)21/h5-10H,4H2,1-3H3,(H,20,21). The van der Waals surface area contributed by atoms with E-state index in [9.17, 15) is 4.79 Å². The lowest BCUT2D eigenvalue weighted by molar-refractivity contribution is -0.119. The van der Waals surface area contributed by atoms with E-state index in [2.05, 4.69) is 5.32 Å².